The number of carbonyl (C=O) groups is 1. The number of aliphatic hydroxyl groups is 2. The second-order valence-electron chi connectivity index (χ2n) is 23.8. The summed E-state index contributed by atoms with van der Waals surface area (Å²) in [6, 6.07) is 82.5. The summed E-state index contributed by atoms with van der Waals surface area (Å²) in [5.74, 6) is 0.119. The Kier molecular flexibility index (Phi) is 19.8. The number of anilines is 1. The van der Waals surface area contributed by atoms with E-state index >= 15 is 0 Å². The number of carbonyl (C=O) groups excluding carboxylic acids is 1. The van der Waals surface area contributed by atoms with Gasteiger partial charge in [0.2, 0.25) is 5.91 Å². The zero-order valence-electron chi connectivity index (χ0n) is 49.7. The van der Waals surface area contributed by atoms with E-state index in [9.17, 15) is 15.0 Å². The van der Waals surface area contributed by atoms with Gasteiger partial charge in [0.15, 0.2) is 0 Å². The Hall–Kier alpha value is -7.08. The van der Waals surface area contributed by atoms with E-state index in [1.165, 1.54) is 27.8 Å². The summed E-state index contributed by atoms with van der Waals surface area (Å²) >= 11 is 19.9. The standard InChI is InChI=1S/C26H25Cl2N3O.C26H29NO.C24H24ClNO/c27-22-12-6-4-10-20(22)24(21-11-5-7-13-23(21)28)30-16-14-26(15-17-30)25(32)29-18-31(26)19-8-2-1-3-9-19;1-20-10-6-8-14-23(20)25(24-15-9-7-11-21(24)2)27-18-16-26(28,17-19-27)22-12-4-3-5-13-22;25-22-14-8-7-13-21(22)23(19-9-3-1-4-10-19)26-17-15-24(27,16-18-26)20-11-5-2-6-12-20/h1-13,24H,14-18H2,(H,29,32);3-15,25,28H,16-19H2,1-2H3;1-14,23,27H,15-18H2. The van der Waals surface area contributed by atoms with Crippen molar-refractivity contribution in [1.29, 1.82) is 0 Å². The maximum absolute atomic E-state index is 13.0. The second kappa shape index (κ2) is 28.0. The molecule has 446 valence electrons. The number of aryl methyl sites for hydroxylation is 2. The molecule has 4 aliphatic rings. The minimum Gasteiger partial charge on any atom is -0.385 e. The molecule has 13 rings (SSSR count). The predicted molar refractivity (Wildman–Crippen MR) is 356 cm³/mol. The molecule has 3 N–H and O–H groups in total. The monoisotopic (exact) mass is 1210 g/mol. The third-order valence-electron chi connectivity index (χ3n) is 18.7. The summed E-state index contributed by atoms with van der Waals surface area (Å²) in [5, 5.41) is 27.8. The Morgan fingerprint density at radius 3 is 1.09 bits per heavy atom. The van der Waals surface area contributed by atoms with E-state index in [4.69, 9.17) is 34.8 Å². The molecule has 0 aromatic heterocycles. The maximum atomic E-state index is 13.0. The molecule has 1 amide bonds. The van der Waals surface area contributed by atoms with Crippen LogP contribution in [-0.4, -0.2) is 82.3 Å². The van der Waals surface area contributed by atoms with Crippen LogP contribution in [-0.2, 0) is 16.0 Å². The third-order valence-corrected chi connectivity index (χ3v) is 19.7. The fourth-order valence-electron chi connectivity index (χ4n) is 13.8. The number of benzene rings is 9. The number of piperidine rings is 3. The highest BCUT2D eigenvalue weighted by Crippen LogP contribution is 2.45. The van der Waals surface area contributed by atoms with E-state index in [1.54, 1.807) is 0 Å². The SMILES string of the molecule is Cc1ccccc1C(c1ccccc1C)N1CCC(O)(c2ccccc2)CC1.O=C1NCN(c2ccccc2)C12CCN(C(c1ccccc1Cl)c1ccccc1Cl)CC2.OC1(c2ccccc2)CCN(C(c2ccccc2)c2ccccc2Cl)CC1. The zero-order chi connectivity index (χ0) is 60.4. The van der Waals surface area contributed by atoms with Gasteiger partial charge >= 0.3 is 0 Å². The molecule has 4 saturated heterocycles. The van der Waals surface area contributed by atoms with Gasteiger partial charge in [0, 0.05) is 60.0 Å². The van der Waals surface area contributed by atoms with Crippen molar-refractivity contribution in [2.75, 3.05) is 50.8 Å². The summed E-state index contributed by atoms with van der Waals surface area (Å²) in [7, 11) is 0. The second-order valence-corrected chi connectivity index (χ2v) is 25.0. The molecule has 0 radical (unpaired) electrons. The molecule has 1 atom stereocenters. The van der Waals surface area contributed by atoms with Crippen molar-refractivity contribution in [3.63, 3.8) is 0 Å². The van der Waals surface area contributed by atoms with Gasteiger partial charge in [-0.25, -0.2) is 0 Å². The first-order valence-corrected chi connectivity index (χ1v) is 31.8. The van der Waals surface area contributed by atoms with Crippen LogP contribution in [0.25, 0.3) is 0 Å². The van der Waals surface area contributed by atoms with E-state index in [0.717, 1.165) is 114 Å². The molecule has 87 heavy (non-hydrogen) atoms. The van der Waals surface area contributed by atoms with Crippen LogP contribution < -0.4 is 10.2 Å². The lowest BCUT2D eigenvalue weighted by molar-refractivity contribution is -0.125. The van der Waals surface area contributed by atoms with Crippen LogP contribution in [0.15, 0.2) is 243 Å². The normalized spacial score (nSPS) is 17.9. The van der Waals surface area contributed by atoms with E-state index in [2.05, 4.69) is 154 Å². The molecule has 4 aliphatic heterocycles. The minimum absolute atomic E-state index is 0.0654. The van der Waals surface area contributed by atoms with Crippen LogP contribution in [0, 0.1) is 13.8 Å². The van der Waals surface area contributed by atoms with Gasteiger partial charge in [-0.05, 0) is 138 Å². The first-order valence-electron chi connectivity index (χ1n) is 30.6. The Balaban J connectivity index is 0.000000136. The van der Waals surface area contributed by atoms with Crippen LogP contribution in [0.2, 0.25) is 15.1 Å². The molecule has 9 aromatic rings. The summed E-state index contributed by atoms with van der Waals surface area (Å²) < 4.78 is 0. The number of amides is 1. The summed E-state index contributed by atoms with van der Waals surface area (Å²) in [6.45, 7) is 9.84. The van der Waals surface area contributed by atoms with Crippen LogP contribution >= 0.6 is 34.8 Å². The average Bonchev–Trinajstić information content (AvgIpc) is 1.97. The Labute approximate surface area is 529 Å². The van der Waals surface area contributed by atoms with Crippen molar-refractivity contribution in [2.45, 2.75) is 87.2 Å². The third kappa shape index (κ3) is 13.7. The molecule has 4 fully saturated rings. The Morgan fingerprint density at radius 1 is 0.379 bits per heavy atom. The molecule has 1 unspecified atom stereocenters. The van der Waals surface area contributed by atoms with Gasteiger partial charge in [-0.2, -0.15) is 0 Å². The maximum Gasteiger partial charge on any atom is 0.247 e. The van der Waals surface area contributed by atoms with Crippen molar-refractivity contribution in [3.8, 4) is 0 Å². The van der Waals surface area contributed by atoms with Gasteiger partial charge in [-0.15, -0.1) is 0 Å². The summed E-state index contributed by atoms with van der Waals surface area (Å²) in [6.07, 6.45) is 4.41. The van der Waals surface area contributed by atoms with Crippen molar-refractivity contribution >= 4 is 46.4 Å². The number of halogens is 3. The molecule has 9 aromatic carbocycles. The average molecular weight is 1220 g/mol. The quantitative estimate of drug-likeness (QED) is 0.112. The number of likely N-dealkylation sites (tertiary alicyclic amines) is 3. The Bertz CT molecular complexity index is 3590. The molecular weight excluding hydrogens is 1140 g/mol. The number of hydrogen-bond acceptors (Lipinski definition) is 7. The van der Waals surface area contributed by atoms with E-state index in [1.807, 2.05) is 127 Å². The number of para-hydroxylation sites is 1. The molecule has 4 heterocycles. The van der Waals surface area contributed by atoms with Gasteiger partial charge in [-0.1, -0.05) is 247 Å². The van der Waals surface area contributed by atoms with Gasteiger partial charge in [-0.3, -0.25) is 19.5 Å². The fourth-order valence-corrected chi connectivity index (χ4v) is 14.5. The van der Waals surface area contributed by atoms with Gasteiger partial charge in [0.1, 0.15) is 5.54 Å². The topological polar surface area (TPSA) is 82.5 Å². The molecule has 0 aliphatic carbocycles. The largest absolute Gasteiger partial charge is 0.385 e. The molecule has 8 nitrogen and oxygen atoms in total. The van der Waals surface area contributed by atoms with Crippen LogP contribution in [0.3, 0.4) is 0 Å². The molecule has 0 bridgehead atoms. The van der Waals surface area contributed by atoms with Crippen LogP contribution in [0.1, 0.15) is 112 Å². The number of nitrogens with one attached hydrogen (secondary N) is 1. The highest BCUT2D eigenvalue weighted by molar-refractivity contribution is 6.32. The first kappa shape index (κ1) is 61.6. The summed E-state index contributed by atoms with van der Waals surface area (Å²) in [4.78, 5) is 22.7. The van der Waals surface area contributed by atoms with E-state index in [0.29, 0.717) is 19.5 Å². The van der Waals surface area contributed by atoms with Crippen molar-refractivity contribution in [1.82, 2.24) is 20.0 Å². The van der Waals surface area contributed by atoms with Gasteiger partial charge in [0.25, 0.3) is 0 Å². The summed E-state index contributed by atoms with van der Waals surface area (Å²) in [5.41, 5.74) is 10.9. The highest BCUT2D eigenvalue weighted by Gasteiger charge is 2.51. The Morgan fingerprint density at radius 2 is 0.690 bits per heavy atom. The number of nitrogens with zero attached hydrogens (tertiary/aromatic N) is 4. The molecule has 1 spiro atoms. The van der Waals surface area contributed by atoms with Gasteiger partial charge in [0.05, 0.1) is 36.0 Å². The smallest absolute Gasteiger partial charge is 0.247 e. The highest BCUT2D eigenvalue weighted by atomic mass is 35.5. The minimum atomic E-state index is -0.751. The fraction of sp³-hybridized carbons (Fsp3) is 0.276. The van der Waals surface area contributed by atoms with Crippen LogP contribution in [0.5, 0.6) is 0 Å². The number of rotatable bonds is 12. The lowest BCUT2D eigenvalue weighted by Crippen LogP contribution is -2.56. The molecular formula is C76H78Cl3N5O3. The number of hydrogen-bond donors (Lipinski definition) is 3. The lowest BCUT2D eigenvalue weighted by atomic mass is 9.82. The zero-order valence-corrected chi connectivity index (χ0v) is 52.0. The predicted octanol–water partition coefficient (Wildman–Crippen LogP) is 16.3. The lowest BCUT2D eigenvalue weighted by Gasteiger charge is -2.46. The van der Waals surface area contributed by atoms with Crippen LogP contribution in [0.4, 0.5) is 5.69 Å². The van der Waals surface area contributed by atoms with Crippen molar-refractivity contribution < 1.29 is 15.0 Å². The molecule has 11 heteroatoms. The van der Waals surface area contributed by atoms with E-state index < -0.39 is 16.7 Å². The van der Waals surface area contributed by atoms with E-state index in [-0.39, 0.29) is 24.0 Å². The molecule has 0 saturated carbocycles. The van der Waals surface area contributed by atoms with Gasteiger partial charge < -0.3 is 20.4 Å². The van der Waals surface area contributed by atoms with Crippen molar-refractivity contribution in [3.05, 3.63) is 313 Å². The first-order chi connectivity index (χ1) is 42.4. The van der Waals surface area contributed by atoms with Crippen molar-refractivity contribution in [2.24, 2.45) is 0 Å².